The third-order valence-corrected chi connectivity index (χ3v) is 4.52. The fraction of sp³-hybridized carbons (Fsp3) is 0.300. The second-order valence-electron chi connectivity index (χ2n) is 6.50. The van der Waals surface area contributed by atoms with E-state index in [9.17, 15) is 14.9 Å². The first-order chi connectivity index (χ1) is 13.1. The smallest absolute Gasteiger partial charge is 0.270 e. The molecule has 0 spiro atoms. The summed E-state index contributed by atoms with van der Waals surface area (Å²) in [5.41, 5.74) is 4.94. The minimum Gasteiger partial charge on any atom is -0.371 e. The third-order valence-electron chi connectivity index (χ3n) is 4.52. The Morgan fingerprint density at radius 2 is 1.89 bits per heavy atom. The molecule has 0 unspecified atom stereocenters. The number of rotatable bonds is 6. The first-order valence-corrected chi connectivity index (χ1v) is 9.03. The maximum absolute atomic E-state index is 12.0. The Morgan fingerprint density at radius 3 is 2.59 bits per heavy atom. The number of nitro benzene ring substituents is 1. The van der Waals surface area contributed by atoms with E-state index in [1.54, 1.807) is 6.07 Å². The molecule has 2 aromatic rings. The van der Waals surface area contributed by atoms with E-state index in [2.05, 4.69) is 15.4 Å². The number of nitro groups is 1. The van der Waals surface area contributed by atoms with Crippen molar-refractivity contribution < 1.29 is 9.72 Å². The lowest BCUT2D eigenvalue weighted by molar-refractivity contribution is -0.384. The quantitative estimate of drug-likeness (QED) is 0.483. The SMILES string of the molecule is O=C(Cc1ccccc1)N/N=C/c1cc([N+](=O)[O-])ccc1N1CCCCC1. The predicted octanol–water partition coefficient (Wildman–Crippen LogP) is 3.28. The lowest BCUT2D eigenvalue weighted by Gasteiger charge is -2.29. The summed E-state index contributed by atoms with van der Waals surface area (Å²) in [7, 11) is 0. The van der Waals surface area contributed by atoms with Gasteiger partial charge in [-0.05, 0) is 30.9 Å². The van der Waals surface area contributed by atoms with Crippen LogP contribution in [0.5, 0.6) is 0 Å². The van der Waals surface area contributed by atoms with Gasteiger partial charge in [-0.3, -0.25) is 14.9 Å². The molecule has 7 heteroatoms. The Bertz CT molecular complexity index is 830. The van der Waals surface area contributed by atoms with Crippen LogP contribution < -0.4 is 10.3 Å². The van der Waals surface area contributed by atoms with Crippen LogP contribution in [0.2, 0.25) is 0 Å². The van der Waals surface area contributed by atoms with Crippen LogP contribution in [0, 0.1) is 10.1 Å². The zero-order chi connectivity index (χ0) is 19.1. The highest BCUT2D eigenvalue weighted by Gasteiger charge is 2.17. The monoisotopic (exact) mass is 366 g/mol. The van der Waals surface area contributed by atoms with Crippen molar-refractivity contribution in [2.45, 2.75) is 25.7 Å². The molecule has 0 atom stereocenters. The molecule has 1 heterocycles. The van der Waals surface area contributed by atoms with Crippen molar-refractivity contribution in [2.24, 2.45) is 5.10 Å². The Hall–Kier alpha value is -3.22. The van der Waals surface area contributed by atoms with Gasteiger partial charge in [0.15, 0.2) is 0 Å². The van der Waals surface area contributed by atoms with Crippen molar-refractivity contribution in [2.75, 3.05) is 18.0 Å². The highest BCUT2D eigenvalue weighted by atomic mass is 16.6. The summed E-state index contributed by atoms with van der Waals surface area (Å²) < 4.78 is 0. The second-order valence-corrected chi connectivity index (χ2v) is 6.50. The fourth-order valence-electron chi connectivity index (χ4n) is 3.18. The van der Waals surface area contributed by atoms with Crippen LogP contribution in [0.4, 0.5) is 11.4 Å². The summed E-state index contributed by atoms with van der Waals surface area (Å²) in [4.78, 5) is 24.9. The molecule has 0 aromatic heterocycles. The molecule has 1 aliphatic rings. The van der Waals surface area contributed by atoms with Crippen LogP contribution in [0.3, 0.4) is 0 Å². The zero-order valence-electron chi connectivity index (χ0n) is 15.0. The van der Waals surface area contributed by atoms with Crippen LogP contribution in [0.15, 0.2) is 53.6 Å². The number of hydrogen-bond acceptors (Lipinski definition) is 5. The van der Waals surface area contributed by atoms with E-state index >= 15 is 0 Å². The minimum absolute atomic E-state index is 0.00724. The van der Waals surface area contributed by atoms with Gasteiger partial charge in [0, 0.05) is 36.5 Å². The molecular weight excluding hydrogens is 344 g/mol. The highest BCUT2D eigenvalue weighted by Crippen LogP contribution is 2.26. The summed E-state index contributed by atoms with van der Waals surface area (Å²) in [5.74, 6) is -0.234. The largest absolute Gasteiger partial charge is 0.371 e. The lowest BCUT2D eigenvalue weighted by atomic mass is 10.1. The molecule has 1 N–H and O–H groups in total. The summed E-state index contributed by atoms with van der Waals surface area (Å²) in [6.45, 7) is 1.83. The molecule has 3 rings (SSSR count). The van der Waals surface area contributed by atoms with Gasteiger partial charge in [-0.15, -0.1) is 0 Å². The number of non-ortho nitro benzene ring substituents is 1. The van der Waals surface area contributed by atoms with Gasteiger partial charge in [-0.1, -0.05) is 30.3 Å². The van der Waals surface area contributed by atoms with Gasteiger partial charge >= 0.3 is 0 Å². The van der Waals surface area contributed by atoms with Crippen LogP contribution in [0.25, 0.3) is 0 Å². The molecule has 0 radical (unpaired) electrons. The van der Waals surface area contributed by atoms with Gasteiger partial charge in [-0.2, -0.15) is 5.10 Å². The molecular formula is C20H22N4O3. The van der Waals surface area contributed by atoms with Gasteiger partial charge in [0.05, 0.1) is 17.6 Å². The molecule has 2 aromatic carbocycles. The minimum atomic E-state index is -0.425. The molecule has 0 aliphatic carbocycles. The molecule has 1 fully saturated rings. The number of hydrazone groups is 1. The van der Waals surface area contributed by atoms with E-state index < -0.39 is 4.92 Å². The molecule has 1 aliphatic heterocycles. The second kappa shape index (κ2) is 8.93. The van der Waals surface area contributed by atoms with Crippen LogP contribution in [-0.4, -0.2) is 30.1 Å². The summed E-state index contributed by atoms with van der Waals surface area (Å²) in [6.07, 6.45) is 5.11. The highest BCUT2D eigenvalue weighted by molar-refractivity contribution is 5.90. The third kappa shape index (κ3) is 5.13. The van der Waals surface area contributed by atoms with Crippen LogP contribution in [-0.2, 0) is 11.2 Å². The van der Waals surface area contributed by atoms with E-state index in [0.29, 0.717) is 5.56 Å². The Labute approximate surface area is 157 Å². The van der Waals surface area contributed by atoms with Gasteiger partial charge in [0.2, 0.25) is 5.91 Å². The van der Waals surface area contributed by atoms with Crippen molar-refractivity contribution in [3.05, 3.63) is 69.8 Å². The number of benzene rings is 2. The average molecular weight is 366 g/mol. The molecule has 140 valence electrons. The van der Waals surface area contributed by atoms with E-state index in [-0.39, 0.29) is 18.0 Å². The first kappa shape index (κ1) is 18.6. The first-order valence-electron chi connectivity index (χ1n) is 9.03. The van der Waals surface area contributed by atoms with Crippen molar-refractivity contribution >= 4 is 23.5 Å². The topological polar surface area (TPSA) is 87.8 Å². The van der Waals surface area contributed by atoms with Gasteiger partial charge in [0.1, 0.15) is 0 Å². The Balaban J connectivity index is 1.73. The molecule has 1 amide bonds. The summed E-state index contributed by atoms with van der Waals surface area (Å²) in [5, 5.41) is 15.1. The number of carbonyl (C=O) groups excluding carboxylic acids is 1. The van der Waals surface area contributed by atoms with Gasteiger partial charge < -0.3 is 4.90 Å². The number of anilines is 1. The van der Waals surface area contributed by atoms with Crippen molar-refractivity contribution in [3.8, 4) is 0 Å². The van der Waals surface area contributed by atoms with E-state index in [0.717, 1.165) is 37.2 Å². The standard InChI is InChI=1S/C20H22N4O3/c25-20(13-16-7-3-1-4-8-16)22-21-15-17-14-18(24(26)27)9-10-19(17)23-11-5-2-6-12-23/h1,3-4,7-10,14-15H,2,5-6,11-13H2,(H,22,25)/b21-15+. The average Bonchev–Trinajstić information content (AvgIpc) is 2.69. The summed E-state index contributed by atoms with van der Waals surface area (Å²) >= 11 is 0. The van der Waals surface area contributed by atoms with E-state index in [1.165, 1.54) is 24.8 Å². The molecule has 27 heavy (non-hydrogen) atoms. The molecule has 0 bridgehead atoms. The maximum Gasteiger partial charge on any atom is 0.270 e. The summed E-state index contributed by atoms with van der Waals surface area (Å²) in [6, 6.07) is 14.2. The van der Waals surface area contributed by atoms with E-state index in [1.807, 2.05) is 30.3 Å². The molecule has 1 saturated heterocycles. The number of carbonyl (C=O) groups is 1. The van der Waals surface area contributed by atoms with Crippen molar-refractivity contribution in [1.29, 1.82) is 0 Å². The Kier molecular flexibility index (Phi) is 6.14. The molecule has 7 nitrogen and oxygen atoms in total. The van der Waals surface area contributed by atoms with Crippen LogP contribution >= 0.6 is 0 Å². The lowest BCUT2D eigenvalue weighted by Crippen LogP contribution is -2.30. The maximum atomic E-state index is 12.0. The number of piperidine rings is 1. The normalized spacial score (nSPS) is 14.3. The van der Waals surface area contributed by atoms with Gasteiger partial charge in [-0.25, -0.2) is 5.43 Å². The number of nitrogens with zero attached hydrogens (tertiary/aromatic N) is 3. The molecule has 0 saturated carbocycles. The number of amides is 1. The predicted molar refractivity (Wildman–Crippen MR) is 105 cm³/mol. The fourth-order valence-corrected chi connectivity index (χ4v) is 3.18. The van der Waals surface area contributed by atoms with E-state index in [4.69, 9.17) is 0 Å². The number of hydrogen-bond donors (Lipinski definition) is 1. The van der Waals surface area contributed by atoms with Crippen LogP contribution in [0.1, 0.15) is 30.4 Å². The Morgan fingerprint density at radius 1 is 1.15 bits per heavy atom. The number of nitrogens with one attached hydrogen (secondary N) is 1. The van der Waals surface area contributed by atoms with Crippen molar-refractivity contribution in [1.82, 2.24) is 5.43 Å². The zero-order valence-corrected chi connectivity index (χ0v) is 15.0. The van der Waals surface area contributed by atoms with Crippen molar-refractivity contribution in [3.63, 3.8) is 0 Å². The van der Waals surface area contributed by atoms with Gasteiger partial charge in [0.25, 0.3) is 5.69 Å².